The molecule has 0 unspecified atom stereocenters. The van der Waals surface area contributed by atoms with Crippen LogP contribution < -0.4 is 5.73 Å². The van der Waals surface area contributed by atoms with Gasteiger partial charge in [0, 0.05) is 6.54 Å². The second-order valence-corrected chi connectivity index (χ2v) is 4.23. The number of nitrogens with zero attached hydrogens (tertiary/aromatic N) is 1. The van der Waals surface area contributed by atoms with Crippen LogP contribution in [0.3, 0.4) is 0 Å². The Morgan fingerprint density at radius 1 is 1.44 bits per heavy atom. The van der Waals surface area contributed by atoms with Crippen molar-refractivity contribution in [2.24, 2.45) is 5.73 Å². The number of carboxylic acids is 1. The topological polar surface area (TPSA) is 83.6 Å². The average molecular weight is 226 g/mol. The smallest absolute Gasteiger partial charge is 0.323 e. The van der Waals surface area contributed by atoms with Crippen molar-refractivity contribution in [2.75, 3.05) is 13.1 Å². The first-order valence-electron chi connectivity index (χ1n) is 5.40. The van der Waals surface area contributed by atoms with Gasteiger partial charge >= 0.3 is 5.97 Å². The molecule has 0 heterocycles. The van der Waals surface area contributed by atoms with Crippen molar-refractivity contribution in [2.45, 2.75) is 31.2 Å². The molecule has 1 saturated carbocycles. The maximum absolute atomic E-state index is 12.1. The lowest BCUT2D eigenvalue weighted by Gasteiger charge is -2.29. The van der Waals surface area contributed by atoms with E-state index in [1.54, 1.807) is 0 Å². The van der Waals surface area contributed by atoms with Crippen molar-refractivity contribution in [3.8, 4) is 0 Å². The lowest BCUT2D eigenvalue weighted by atomic mass is 9.97. The Bertz CT molecular complexity index is 296. The van der Waals surface area contributed by atoms with Gasteiger partial charge in [0.25, 0.3) is 0 Å². The molecule has 1 rings (SSSR count). The van der Waals surface area contributed by atoms with Gasteiger partial charge in [-0.2, -0.15) is 0 Å². The van der Waals surface area contributed by atoms with Crippen LogP contribution in [0.4, 0.5) is 0 Å². The number of hydrogen-bond donors (Lipinski definition) is 2. The Morgan fingerprint density at radius 3 is 2.44 bits per heavy atom. The first kappa shape index (κ1) is 12.7. The monoisotopic (exact) mass is 226 g/mol. The van der Waals surface area contributed by atoms with Gasteiger partial charge in [0.1, 0.15) is 6.54 Å². The summed E-state index contributed by atoms with van der Waals surface area (Å²) in [5, 5.41) is 8.72. The van der Waals surface area contributed by atoms with E-state index in [1.807, 2.05) is 0 Å². The number of carboxylic acid groups (broad SMARTS) is 1. The third-order valence-corrected chi connectivity index (χ3v) is 2.88. The molecule has 1 aliphatic carbocycles. The van der Waals surface area contributed by atoms with Gasteiger partial charge in [-0.15, -0.1) is 6.58 Å². The molecule has 5 nitrogen and oxygen atoms in total. The molecule has 0 saturated heterocycles. The molecule has 1 fully saturated rings. The number of hydrogen-bond acceptors (Lipinski definition) is 3. The predicted molar refractivity (Wildman–Crippen MR) is 59.8 cm³/mol. The van der Waals surface area contributed by atoms with E-state index in [1.165, 1.54) is 11.0 Å². The maximum atomic E-state index is 12.1. The molecule has 0 spiro atoms. The number of aliphatic carboxylic acids is 1. The summed E-state index contributed by atoms with van der Waals surface area (Å²) >= 11 is 0. The van der Waals surface area contributed by atoms with Crippen molar-refractivity contribution in [1.82, 2.24) is 4.90 Å². The van der Waals surface area contributed by atoms with Crippen LogP contribution in [0.1, 0.15) is 25.7 Å². The van der Waals surface area contributed by atoms with Gasteiger partial charge in [0.15, 0.2) is 0 Å². The lowest BCUT2D eigenvalue weighted by molar-refractivity contribution is -0.146. The Labute approximate surface area is 94.9 Å². The van der Waals surface area contributed by atoms with Crippen molar-refractivity contribution in [3.63, 3.8) is 0 Å². The molecule has 0 aliphatic heterocycles. The van der Waals surface area contributed by atoms with Crippen LogP contribution in [0.25, 0.3) is 0 Å². The molecule has 3 N–H and O–H groups in total. The second-order valence-electron chi connectivity index (χ2n) is 4.23. The van der Waals surface area contributed by atoms with Crippen molar-refractivity contribution < 1.29 is 14.7 Å². The predicted octanol–water partition coefficient (Wildman–Crippen LogP) is 0.357. The van der Waals surface area contributed by atoms with E-state index in [-0.39, 0.29) is 19.0 Å². The van der Waals surface area contributed by atoms with Crippen LogP contribution in [-0.2, 0) is 9.59 Å². The number of rotatable bonds is 5. The molecular weight excluding hydrogens is 208 g/mol. The zero-order valence-corrected chi connectivity index (χ0v) is 9.32. The van der Waals surface area contributed by atoms with E-state index in [0.29, 0.717) is 12.8 Å². The fourth-order valence-electron chi connectivity index (χ4n) is 2.07. The third kappa shape index (κ3) is 2.82. The first-order chi connectivity index (χ1) is 7.49. The highest BCUT2D eigenvalue weighted by atomic mass is 16.4. The third-order valence-electron chi connectivity index (χ3n) is 2.88. The molecule has 5 heteroatoms. The average Bonchev–Trinajstić information content (AvgIpc) is 2.64. The minimum atomic E-state index is -1.03. The number of amides is 1. The molecule has 1 amide bonds. The molecule has 0 aromatic rings. The van der Waals surface area contributed by atoms with Gasteiger partial charge in [-0.05, 0) is 12.8 Å². The van der Waals surface area contributed by atoms with Crippen LogP contribution in [0.15, 0.2) is 12.7 Å². The van der Waals surface area contributed by atoms with Crippen molar-refractivity contribution in [1.29, 1.82) is 0 Å². The maximum Gasteiger partial charge on any atom is 0.323 e. The number of nitrogens with two attached hydrogens (primary N) is 1. The normalized spacial score (nSPS) is 18.1. The van der Waals surface area contributed by atoms with Crippen molar-refractivity contribution >= 4 is 11.9 Å². The minimum Gasteiger partial charge on any atom is -0.480 e. The van der Waals surface area contributed by atoms with Crippen molar-refractivity contribution in [3.05, 3.63) is 12.7 Å². The summed E-state index contributed by atoms with van der Waals surface area (Å²) < 4.78 is 0. The highest BCUT2D eigenvalue weighted by Crippen LogP contribution is 2.28. The van der Waals surface area contributed by atoms with E-state index >= 15 is 0 Å². The summed E-state index contributed by atoms with van der Waals surface area (Å²) in [6.45, 7) is 3.42. The fraction of sp³-hybridized carbons (Fsp3) is 0.636. The van der Waals surface area contributed by atoms with E-state index < -0.39 is 11.5 Å². The van der Waals surface area contributed by atoms with Gasteiger partial charge in [-0.3, -0.25) is 9.59 Å². The van der Waals surface area contributed by atoms with Gasteiger partial charge < -0.3 is 15.7 Å². The molecular formula is C11H18N2O3. The second kappa shape index (κ2) is 5.12. The van der Waals surface area contributed by atoms with E-state index in [2.05, 4.69) is 6.58 Å². The molecule has 16 heavy (non-hydrogen) atoms. The highest BCUT2D eigenvalue weighted by molar-refractivity contribution is 5.89. The molecule has 0 atom stereocenters. The first-order valence-corrected chi connectivity index (χ1v) is 5.40. The lowest BCUT2D eigenvalue weighted by Crippen LogP contribution is -2.54. The van der Waals surface area contributed by atoms with Crippen LogP contribution >= 0.6 is 0 Å². The quantitative estimate of drug-likeness (QED) is 0.663. The Kier molecular flexibility index (Phi) is 4.06. The van der Waals surface area contributed by atoms with E-state index in [0.717, 1.165) is 12.8 Å². The summed E-state index contributed by atoms with van der Waals surface area (Å²) in [7, 11) is 0. The molecule has 1 aliphatic rings. The van der Waals surface area contributed by atoms with Crippen LogP contribution in [0, 0.1) is 0 Å². The SMILES string of the molecule is C=CCN(CC(=O)O)C(=O)C1(N)CCCC1. The molecule has 0 radical (unpaired) electrons. The molecule has 90 valence electrons. The van der Waals surface area contributed by atoms with Gasteiger partial charge in [0.05, 0.1) is 5.54 Å². The van der Waals surface area contributed by atoms with Crippen LogP contribution in [0.5, 0.6) is 0 Å². The Hall–Kier alpha value is -1.36. The summed E-state index contributed by atoms with van der Waals surface area (Å²) in [6, 6.07) is 0. The summed E-state index contributed by atoms with van der Waals surface area (Å²) in [5.74, 6) is -1.30. The zero-order valence-electron chi connectivity index (χ0n) is 9.32. The van der Waals surface area contributed by atoms with Gasteiger partial charge in [-0.1, -0.05) is 18.9 Å². The Morgan fingerprint density at radius 2 is 2.00 bits per heavy atom. The van der Waals surface area contributed by atoms with Gasteiger partial charge in [0.2, 0.25) is 5.91 Å². The zero-order chi connectivity index (χ0) is 12.2. The van der Waals surface area contributed by atoms with E-state index in [9.17, 15) is 9.59 Å². The van der Waals surface area contributed by atoms with Gasteiger partial charge in [-0.25, -0.2) is 0 Å². The Balaban J connectivity index is 2.72. The molecule has 0 aromatic carbocycles. The largest absolute Gasteiger partial charge is 0.480 e. The minimum absolute atomic E-state index is 0.226. The summed E-state index contributed by atoms with van der Waals surface area (Å²) in [4.78, 5) is 24.0. The van der Waals surface area contributed by atoms with Crippen LogP contribution in [-0.4, -0.2) is 40.5 Å². The van der Waals surface area contributed by atoms with Crippen LogP contribution in [0.2, 0.25) is 0 Å². The molecule has 0 aromatic heterocycles. The number of carbonyl (C=O) groups excluding carboxylic acids is 1. The highest BCUT2D eigenvalue weighted by Gasteiger charge is 2.39. The fourth-order valence-corrected chi connectivity index (χ4v) is 2.07. The number of carbonyl (C=O) groups is 2. The summed E-state index contributed by atoms with van der Waals surface area (Å²) in [6.07, 6.45) is 4.64. The van der Waals surface area contributed by atoms with E-state index in [4.69, 9.17) is 10.8 Å². The standard InChI is InChI=1S/C11H18N2O3/c1-2-7-13(8-9(14)15)10(16)11(12)5-3-4-6-11/h2H,1,3-8,12H2,(H,14,15). The molecule has 0 bridgehead atoms. The summed E-state index contributed by atoms with van der Waals surface area (Å²) in [5.41, 5.74) is 5.13.